The molecule has 4 rings (SSSR count). The Morgan fingerprint density at radius 2 is 2.05 bits per heavy atom. The zero-order valence-electron chi connectivity index (χ0n) is 11.8. The SMILES string of the molecule is Cc1cc2c(N3CCc4cc(F)c(Cl)cc43)ncnc2cn1. The molecule has 6 heteroatoms. The van der Waals surface area contributed by atoms with Gasteiger partial charge in [-0.1, -0.05) is 11.6 Å². The Hall–Kier alpha value is -2.27. The fraction of sp³-hybridized carbons (Fsp3) is 0.188. The van der Waals surface area contributed by atoms with Gasteiger partial charge in [0.05, 0.1) is 16.7 Å². The van der Waals surface area contributed by atoms with Gasteiger partial charge in [-0.3, -0.25) is 4.98 Å². The van der Waals surface area contributed by atoms with Crippen LogP contribution < -0.4 is 4.90 Å². The van der Waals surface area contributed by atoms with E-state index in [0.717, 1.165) is 46.6 Å². The van der Waals surface area contributed by atoms with Crippen molar-refractivity contribution in [3.05, 3.63) is 52.8 Å². The smallest absolute Gasteiger partial charge is 0.144 e. The first-order valence-electron chi connectivity index (χ1n) is 6.96. The van der Waals surface area contributed by atoms with E-state index < -0.39 is 0 Å². The third-order valence-electron chi connectivity index (χ3n) is 3.91. The second-order valence-corrected chi connectivity index (χ2v) is 5.74. The highest BCUT2D eigenvalue weighted by atomic mass is 35.5. The van der Waals surface area contributed by atoms with Crippen LogP contribution >= 0.6 is 11.6 Å². The van der Waals surface area contributed by atoms with Crippen LogP contribution in [0.15, 0.2) is 30.7 Å². The standard InChI is InChI=1S/C16H12ClFN4/c1-9-4-11-14(7-19-9)20-8-21-16(11)22-3-2-10-5-13(18)12(17)6-15(10)22/h4-8H,2-3H2,1H3. The number of hydrogen-bond acceptors (Lipinski definition) is 4. The van der Waals surface area contributed by atoms with Crippen LogP contribution in [0.4, 0.5) is 15.9 Å². The van der Waals surface area contributed by atoms with E-state index in [1.807, 2.05) is 13.0 Å². The first kappa shape index (κ1) is 13.4. The summed E-state index contributed by atoms with van der Waals surface area (Å²) in [5, 5.41) is 1.06. The van der Waals surface area contributed by atoms with Crippen molar-refractivity contribution in [2.24, 2.45) is 0 Å². The zero-order valence-corrected chi connectivity index (χ0v) is 12.6. The summed E-state index contributed by atoms with van der Waals surface area (Å²) in [5.74, 6) is 0.423. The van der Waals surface area contributed by atoms with Crippen LogP contribution in [0.2, 0.25) is 5.02 Å². The molecule has 2 aromatic heterocycles. The van der Waals surface area contributed by atoms with E-state index in [2.05, 4.69) is 19.9 Å². The van der Waals surface area contributed by atoms with Gasteiger partial charge in [0.25, 0.3) is 0 Å². The van der Waals surface area contributed by atoms with Crippen molar-refractivity contribution in [3.63, 3.8) is 0 Å². The van der Waals surface area contributed by atoms with Crippen LogP contribution in [0, 0.1) is 12.7 Å². The Bertz CT molecular complexity index is 897. The maximum atomic E-state index is 13.6. The number of halogens is 2. The molecule has 0 N–H and O–H groups in total. The molecule has 0 amide bonds. The van der Waals surface area contributed by atoms with Crippen LogP contribution in [-0.4, -0.2) is 21.5 Å². The number of benzene rings is 1. The summed E-state index contributed by atoms with van der Waals surface area (Å²) in [7, 11) is 0. The van der Waals surface area contributed by atoms with E-state index in [1.165, 1.54) is 12.4 Å². The van der Waals surface area contributed by atoms with E-state index >= 15 is 0 Å². The molecule has 1 aromatic carbocycles. The monoisotopic (exact) mass is 314 g/mol. The summed E-state index contributed by atoms with van der Waals surface area (Å²) >= 11 is 5.94. The molecule has 0 unspecified atom stereocenters. The third-order valence-corrected chi connectivity index (χ3v) is 4.20. The molecule has 110 valence electrons. The number of aryl methyl sites for hydroxylation is 1. The summed E-state index contributed by atoms with van der Waals surface area (Å²) in [6.45, 7) is 2.67. The van der Waals surface area contributed by atoms with Gasteiger partial charge < -0.3 is 4.90 Å². The summed E-state index contributed by atoms with van der Waals surface area (Å²) in [4.78, 5) is 15.0. The Kier molecular flexibility index (Phi) is 2.97. The molecule has 0 atom stereocenters. The summed E-state index contributed by atoms with van der Waals surface area (Å²) in [5.41, 5.74) is 3.54. The van der Waals surface area contributed by atoms with E-state index in [9.17, 15) is 4.39 Å². The molecular formula is C16H12ClFN4. The van der Waals surface area contributed by atoms with Gasteiger partial charge in [0.15, 0.2) is 0 Å². The molecule has 0 fully saturated rings. The number of nitrogens with zero attached hydrogens (tertiary/aromatic N) is 4. The molecule has 0 bridgehead atoms. The topological polar surface area (TPSA) is 41.9 Å². The number of aromatic nitrogens is 3. The van der Waals surface area contributed by atoms with Gasteiger partial charge in [0.1, 0.15) is 18.0 Å². The fourth-order valence-electron chi connectivity index (χ4n) is 2.87. The molecule has 3 heterocycles. The number of pyridine rings is 1. The molecule has 4 nitrogen and oxygen atoms in total. The minimum atomic E-state index is -0.380. The van der Waals surface area contributed by atoms with Gasteiger partial charge in [-0.15, -0.1) is 0 Å². The van der Waals surface area contributed by atoms with E-state index in [-0.39, 0.29) is 10.8 Å². The van der Waals surface area contributed by atoms with Crippen LogP contribution in [0.5, 0.6) is 0 Å². The maximum absolute atomic E-state index is 13.6. The fourth-order valence-corrected chi connectivity index (χ4v) is 3.02. The molecule has 3 aromatic rings. The number of anilines is 2. The lowest BCUT2D eigenvalue weighted by atomic mass is 10.1. The molecular weight excluding hydrogens is 303 g/mol. The predicted molar refractivity (Wildman–Crippen MR) is 84.2 cm³/mol. The summed E-state index contributed by atoms with van der Waals surface area (Å²) in [6, 6.07) is 5.14. The molecule has 1 aliphatic rings. The first-order chi connectivity index (χ1) is 10.6. The Morgan fingerprint density at radius 1 is 1.18 bits per heavy atom. The maximum Gasteiger partial charge on any atom is 0.144 e. The summed E-state index contributed by atoms with van der Waals surface area (Å²) < 4.78 is 13.6. The Labute approximate surface area is 131 Å². The van der Waals surface area contributed by atoms with Gasteiger partial charge in [-0.05, 0) is 37.1 Å². The van der Waals surface area contributed by atoms with Crippen molar-refractivity contribution in [3.8, 4) is 0 Å². The average molecular weight is 315 g/mol. The van der Waals surface area contributed by atoms with Crippen molar-refractivity contribution in [1.82, 2.24) is 15.0 Å². The van der Waals surface area contributed by atoms with Gasteiger partial charge >= 0.3 is 0 Å². The largest absolute Gasteiger partial charge is 0.325 e. The lowest BCUT2D eigenvalue weighted by molar-refractivity contribution is 0.627. The minimum absolute atomic E-state index is 0.127. The van der Waals surface area contributed by atoms with Crippen LogP contribution in [0.25, 0.3) is 10.9 Å². The van der Waals surface area contributed by atoms with Crippen molar-refractivity contribution in [1.29, 1.82) is 0 Å². The molecule has 0 saturated heterocycles. The van der Waals surface area contributed by atoms with Crippen molar-refractivity contribution < 1.29 is 4.39 Å². The lowest BCUT2D eigenvalue weighted by Crippen LogP contribution is -2.15. The molecule has 0 saturated carbocycles. The quantitative estimate of drug-likeness (QED) is 0.685. The Balaban J connectivity index is 1.92. The molecule has 22 heavy (non-hydrogen) atoms. The Morgan fingerprint density at radius 3 is 2.91 bits per heavy atom. The molecule has 0 spiro atoms. The number of rotatable bonds is 1. The molecule has 0 aliphatic carbocycles. The van der Waals surface area contributed by atoms with Crippen LogP contribution in [-0.2, 0) is 6.42 Å². The molecule has 1 aliphatic heterocycles. The lowest BCUT2D eigenvalue weighted by Gasteiger charge is -2.20. The van der Waals surface area contributed by atoms with Crippen molar-refractivity contribution >= 4 is 34.0 Å². The van der Waals surface area contributed by atoms with Gasteiger partial charge in [-0.25, -0.2) is 14.4 Å². The highest BCUT2D eigenvalue weighted by Gasteiger charge is 2.25. The second-order valence-electron chi connectivity index (χ2n) is 5.34. The minimum Gasteiger partial charge on any atom is -0.325 e. The number of fused-ring (bicyclic) bond motifs is 2. The summed E-state index contributed by atoms with van der Waals surface area (Å²) in [6.07, 6.45) is 4.03. The normalized spacial score (nSPS) is 13.7. The van der Waals surface area contributed by atoms with Gasteiger partial charge in [0.2, 0.25) is 0 Å². The third kappa shape index (κ3) is 2.01. The predicted octanol–water partition coefficient (Wildman–Crippen LogP) is 3.82. The van der Waals surface area contributed by atoms with Crippen LogP contribution in [0.1, 0.15) is 11.3 Å². The van der Waals surface area contributed by atoms with Gasteiger partial charge in [0, 0.05) is 23.3 Å². The van der Waals surface area contributed by atoms with E-state index in [4.69, 9.17) is 11.6 Å². The van der Waals surface area contributed by atoms with E-state index in [0.29, 0.717) is 0 Å². The first-order valence-corrected chi connectivity index (χ1v) is 7.34. The molecule has 0 radical (unpaired) electrons. The zero-order chi connectivity index (χ0) is 15.3. The van der Waals surface area contributed by atoms with Crippen LogP contribution in [0.3, 0.4) is 0 Å². The highest BCUT2D eigenvalue weighted by molar-refractivity contribution is 6.31. The van der Waals surface area contributed by atoms with Gasteiger partial charge in [-0.2, -0.15) is 0 Å². The van der Waals surface area contributed by atoms with Crippen molar-refractivity contribution in [2.45, 2.75) is 13.3 Å². The highest BCUT2D eigenvalue weighted by Crippen LogP contribution is 2.38. The average Bonchev–Trinajstić information content (AvgIpc) is 2.90. The van der Waals surface area contributed by atoms with Crippen molar-refractivity contribution in [2.75, 3.05) is 11.4 Å². The second kappa shape index (κ2) is 4.88. The van der Waals surface area contributed by atoms with E-state index in [1.54, 1.807) is 12.3 Å². The number of hydrogen-bond donors (Lipinski definition) is 0.